The second-order valence-corrected chi connectivity index (χ2v) is 7.16. The molecule has 1 amide bonds. The molecule has 7 nitrogen and oxygen atoms in total. The fourth-order valence-corrected chi connectivity index (χ4v) is 3.38. The minimum absolute atomic E-state index is 0.0717. The first-order valence-electron chi connectivity index (χ1n) is 9.58. The minimum Gasteiger partial charge on any atom is -0.369 e. The molecule has 2 N–H and O–H groups in total. The molecule has 0 radical (unpaired) electrons. The van der Waals surface area contributed by atoms with Gasteiger partial charge in [-0.2, -0.15) is 0 Å². The number of pyridine rings is 2. The number of likely N-dealkylation sites (N-methyl/N-ethyl adjacent to an activating group) is 1. The number of nitrogens with one attached hydrogen (secondary N) is 2. The van der Waals surface area contributed by atoms with Crippen LogP contribution in [0.1, 0.15) is 10.4 Å². The van der Waals surface area contributed by atoms with Crippen LogP contribution in [-0.2, 0) is 0 Å². The molecule has 1 saturated heterocycles. The van der Waals surface area contributed by atoms with Gasteiger partial charge >= 0.3 is 0 Å². The van der Waals surface area contributed by atoms with Gasteiger partial charge in [0, 0.05) is 56.1 Å². The highest BCUT2D eigenvalue weighted by Crippen LogP contribution is 2.20. The van der Waals surface area contributed by atoms with Crippen LogP contribution in [0.15, 0.2) is 65.8 Å². The third kappa shape index (κ3) is 4.35. The summed E-state index contributed by atoms with van der Waals surface area (Å²) in [5, 5.41) is 2.82. The number of nitrogens with zero attached hydrogens (tertiary/aromatic N) is 3. The molecule has 1 fully saturated rings. The van der Waals surface area contributed by atoms with Crippen LogP contribution in [0.25, 0.3) is 11.1 Å². The number of anilines is 2. The minimum atomic E-state index is -0.436. The van der Waals surface area contributed by atoms with Crippen LogP contribution in [0, 0.1) is 0 Å². The van der Waals surface area contributed by atoms with Crippen LogP contribution in [0.4, 0.5) is 11.4 Å². The molecular formula is C22H23N5O2. The van der Waals surface area contributed by atoms with E-state index in [-0.39, 0.29) is 5.56 Å². The summed E-state index contributed by atoms with van der Waals surface area (Å²) in [5.74, 6) is -0.436. The number of carbonyl (C=O) groups is 1. The van der Waals surface area contributed by atoms with Gasteiger partial charge in [-0.25, -0.2) is 0 Å². The Kier molecular flexibility index (Phi) is 5.39. The summed E-state index contributed by atoms with van der Waals surface area (Å²) in [7, 11) is 2.13. The molecule has 0 spiro atoms. The van der Waals surface area contributed by atoms with Crippen molar-refractivity contribution in [3.8, 4) is 11.1 Å². The lowest BCUT2D eigenvalue weighted by atomic mass is 10.1. The van der Waals surface area contributed by atoms with E-state index in [9.17, 15) is 9.59 Å². The Morgan fingerprint density at radius 3 is 2.38 bits per heavy atom. The topological polar surface area (TPSA) is 81.3 Å². The fourth-order valence-electron chi connectivity index (χ4n) is 3.38. The first-order valence-corrected chi connectivity index (χ1v) is 9.58. The average Bonchev–Trinajstić information content (AvgIpc) is 2.76. The standard InChI is InChI=1S/C22H23N5O2/c1-26-10-12-27(13-11-26)19-4-2-18(3-5-19)25-22(29)20-14-17(15-24-21(20)28)16-6-8-23-9-7-16/h2-9,14-15H,10-13H2,1H3,(H,24,28)(H,25,29). The van der Waals surface area contributed by atoms with Crippen LogP contribution >= 0.6 is 0 Å². The predicted molar refractivity (Wildman–Crippen MR) is 114 cm³/mol. The maximum absolute atomic E-state index is 12.7. The number of H-pyrrole nitrogens is 1. The van der Waals surface area contributed by atoms with E-state index in [1.165, 1.54) is 0 Å². The number of amides is 1. The van der Waals surface area contributed by atoms with Gasteiger partial charge in [-0.05, 0) is 60.6 Å². The SMILES string of the molecule is CN1CCN(c2ccc(NC(=O)c3cc(-c4ccncc4)c[nH]c3=O)cc2)CC1. The number of benzene rings is 1. The maximum Gasteiger partial charge on any atom is 0.261 e. The average molecular weight is 389 g/mol. The van der Waals surface area contributed by atoms with Gasteiger partial charge in [0.05, 0.1) is 0 Å². The normalized spacial score (nSPS) is 14.6. The van der Waals surface area contributed by atoms with Gasteiger partial charge in [0.25, 0.3) is 11.5 Å². The summed E-state index contributed by atoms with van der Waals surface area (Å²) in [6.45, 7) is 4.04. The number of aromatic nitrogens is 2. The van der Waals surface area contributed by atoms with Crippen molar-refractivity contribution < 1.29 is 4.79 Å². The monoisotopic (exact) mass is 389 g/mol. The molecule has 7 heteroatoms. The molecule has 1 aliphatic heterocycles. The van der Waals surface area contributed by atoms with Gasteiger partial charge < -0.3 is 20.1 Å². The summed E-state index contributed by atoms with van der Waals surface area (Å²) in [5.41, 5.74) is 3.07. The number of aromatic amines is 1. The highest BCUT2D eigenvalue weighted by molar-refractivity contribution is 6.04. The molecule has 4 rings (SSSR count). The zero-order chi connectivity index (χ0) is 20.2. The Hall–Kier alpha value is -3.45. The van der Waals surface area contributed by atoms with Crippen molar-refractivity contribution in [3.63, 3.8) is 0 Å². The Balaban J connectivity index is 1.49. The summed E-state index contributed by atoms with van der Waals surface area (Å²) in [4.78, 5) is 36.1. The number of hydrogen-bond donors (Lipinski definition) is 2. The maximum atomic E-state index is 12.7. The lowest BCUT2D eigenvalue weighted by Gasteiger charge is -2.34. The molecular weight excluding hydrogens is 366 g/mol. The van der Waals surface area contributed by atoms with Gasteiger partial charge in [-0.15, -0.1) is 0 Å². The number of hydrogen-bond acceptors (Lipinski definition) is 5. The van der Waals surface area contributed by atoms with E-state index < -0.39 is 11.5 Å². The zero-order valence-corrected chi connectivity index (χ0v) is 16.3. The van der Waals surface area contributed by atoms with Crippen molar-refractivity contribution in [3.05, 3.63) is 77.0 Å². The number of piperazine rings is 1. The van der Waals surface area contributed by atoms with E-state index in [1.807, 2.05) is 36.4 Å². The summed E-state index contributed by atoms with van der Waals surface area (Å²) in [6, 6.07) is 13.0. The summed E-state index contributed by atoms with van der Waals surface area (Å²) >= 11 is 0. The van der Waals surface area contributed by atoms with E-state index in [4.69, 9.17) is 0 Å². The lowest BCUT2D eigenvalue weighted by Crippen LogP contribution is -2.44. The highest BCUT2D eigenvalue weighted by atomic mass is 16.2. The Morgan fingerprint density at radius 1 is 1.00 bits per heavy atom. The van der Waals surface area contributed by atoms with Crippen LogP contribution in [-0.4, -0.2) is 54.0 Å². The first kappa shape index (κ1) is 18.9. The molecule has 29 heavy (non-hydrogen) atoms. The van der Waals surface area contributed by atoms with Gasteiger partial charge in [-0.3, -0.25) is 14.6 Å². The Bertz CT molecular complexity index is 1040. The second-order valence-electron chi connectivity index (χ2n) is 7.16. The number of rotatable bonds is 4. The molecule has 1 aromatic carbocycles. The summed E-state index contributed by atoms with van der Waals surface area (Å²) in [6.07, 6.45) is 4.93. The van der Waals surface area contributed by atoms with Crippen molar-refractivity contribution in [1.29, 1.82) is 0 Å². The third-order valence-corrected chi connectivity index (χ3v) is 5.16. The van der Waals surface area contributed by atoms with Crippen LogP contribution < -0.4 is 15.8 Å². The largest absolute Gasteiger partial charge is 0.369 e. The Labute approximate surface area is 169 Å². The third-order valence-electron chi connectivity index (χ3n) is 5.16. The Morgan fingerprint density at radius 2 is 1.69 bits per heavy atom. The van der Waals surface area contributed by atoms with Crippen molar-refractivity contribution >= 4 is 17.3 Å². The fraction of sp³-hybridized carbons (Fsp3) is 0.227. The quantitative estimate of drug-likeness (QED) is 0.716. The van der Waals surface area contributed by atoms with E-state index >= 15 is 0 Å². The lowest BCUT2D eigenvalue weighted by molar-refractivity contribution is 0.102. The molecule has 148 valence electrons. The highest BCUT2D eigenvalue weighted by Gasteiger charge is 2.15. The van der Waals surface area contributed by atoms with Crippen LogP contribution in [0.3, 0.4) is 0 Å². The molecule has 2 aromatic heterocycles. The van der Waals surface area contributed by atoms with Crippen molar-refractivity contribution in [2.75, 3.05) is 43.4 Å². The second kappa shape index (κ2) is 8.28. The van der Waals surface area contributed by atoms with E-state index in [0.29, 0.717) is 5.69 Å². The molecule has 3 heterocycles. The molecule has 1 aliphatic rings. The van der Waals surface area contributed by atoms with Crippen LogP contribution in [0.5, 0.6) is 0 Å². The molecule has 0 aliphatic carbocycles. The smallest absolute Gasteiger partial charge is 0.261 e. The molecule has 0 unspecified atom stereocenters. The van der Waals surface area contributed by atoms with E-state index in [1.54, 1.807) is 24.7 Å². The van der Waals surface area contributed by atoms with Crippen molar-refractivity contribution in [2.24, 2.45) is 0 Å². The van der Waals surface area contributed by atoms with Gasteiger partial charge in [0.1, 0.15) is 5.56 Å². The van der Waals surface area contributed by atoms with Crippen molar-refractivity contribution in [2.45, 2.75) is 0 Å². The summed E-state index contributed by atoms with van der Waals surface area (Å²) < 4.78 is 0. The van der Waals surface area contributed by atoms with Gasteiger partial charge in [0.15, 0.2) is 0 Å². The number of carbonyl (C=O) groups excluding carboxylic acids is 1. The molecule has 0 bridgehead atoms. The first-order chi connectivity index (χ1) is 14.1. The van der Waals surface area contributed by atoms with Gasteiger partial charge in [-0.1, -0.05) is 0 Å². The van der Waals surface area contributed by atoms with E-state index in [0.717, 1.165) is 43.0 Å². The molecule has 3 aromatic rings. The van der Waals surface area contributed by atoms with E-state index in [2.05, 4.69) is 32.1 Å². The van der Waals surface area contributed by atoms with Gasteiger partial charge in [0.2, 0.25) is 0 Å². The molecule has 0 saturated carbocycles. The van der Waals surface area contributed by atoms with Crippen molar-refractivity contribution in [1.82, 2.24) is 14.9 Å². The predicted octanol–water partition coefficient (Wildman–Crippen LogP) is 2.44. The zero-order valence-electron chi connectivity index (χ0n) is 16.3. The molecule has 0 atom stereocenters. The van der Waals surface area contributed by atoms with Crippen LogP contribution in [0.2, 0.25) is 0 Å².